The summed E-state index contributed by atoms with van der Waals surface area (Å²) in [5, 5.41) is 4.43. The van der Waals surface area contributed by atoms with Crippen molar-refractivity contribution in [3.63, 3.8) is 0 Å². The molecule has 1 heterocycles. The van der Waals surface area contributed by atoms with Crippen molar-refractivity contribution in [1.29, 1.82) is 0 Å². The number of rotatable bonds is 7. The van der Waals surface area contributed by atoms with Gasteiger partial charge in [0.2, 0.25) is 21.7 Å². The van der Waals surface area contributed by atoms with Crippen LogP contribution in [0.15, 0.2) is 53.1 Å². The summed E-state index contributed by atoms with van der Waals surface area (Å²) in [5.41, 5.74) is 1.56. The number of sulfonamides is 1. The molecule has 10 heteroatoms. The molecule has 0 unspecified atom stereocenters. The van der Waals surface area contributed by atoms with Gasteiger partial charge in [0.05, 0.1) is 23.5 Å². The van der Waals surface area contributed by atoms with Crippen molar-refractivity contribution in [2.24, 2.45) is 0 Å². The molecule has 1 aromatic heterocycles. The zero-order chi connectivity index (χ0) is 21.9. The zero-order valence-electron chi connectivity index (χ0n) is 16.7. The fourth-order valence-electron chi connectivity index (χ4n) is 2.94. The Balaban J connectivity index is 1.71. The predicted molar refractivity (Wildman–Crippen MR) is 115 cm³/mol. The van der Waals surface area contributed by atoms with E-state index in [1.807, 2.05) is 6.07 Å². The van der Waals surface area contributed by atoms with Crippen LogP contribution in [-0.4, -0.2) is 49.2 Å². The van der Waals surface area contributed by atoms with Gasteiger partial charge in [0, 0.05) is 24.7 Å². The fourth-order valence-corrected chi connectivity index (χ4v) is 4.14. The van der Waals surface area contributed by atoms with E-state index in [0.717, 1.165) is 6.26 Å². The van der Waals surface area contributed by atoms with E-state index in [9.17, 15) is 13.2 Å². The molecule has 8 nitrogen and oxygen atoms in total. The molecule has 2 aromatic carbocycles. The fraction of sp³-hybridized carbons (Fsp3) is 0.250. The van der Waals surface area contributed by atoms with Crippen LogP contribution in [0, 0.1) is 0 Å². The van der Waals surface area contributed by atoms with Crippen LogP contribution in [-0.2, 0) is 16.6 Å². The number of anilines is 1. The van der Waals surface area contributed by atoms with Crippen LogP contribution in [0.1, 0.15) is 23.2 Å². The quantitative estimate of drug-likeness (QED) is 0.549. The molecule has 0 saturated heterocycles. The lowest BCUT2D eigenvalue weighted by atomic mass is 10.2. The second kappa shape index (κ2) is 8.85. The van der Waals surface area contributed by atoms with E-state index >= 15 is 0 Å². The first-order valence-corrected chi connectivity index (χ1v) is 11.3. The van der Waals surface area contributed by atoms with Crippen LogP contribution in [0.25, 0.3) is 11.4 Å². The van der Waals surface area contributed by atoms with Gasteiger partial charge in [-0.25, -0.2) is 8.42 Å². The molecule has 3 rings (SSSR count). The van der Waals surface area contributed by atoms with E-state index in [0.29, 0.717) is 34.2 Å². The van der Waals surface area contributed by atoms with Crippen LogP contribution in [0.4, 0.5) is 5.69 Å². The molecular formula is C20H21ClN4O4S. The van der Waals surface area contributed by atoms with E-state index in [2.05, 4.69) is 10.1 Å². The zero-order valence-corrected chi connectivity index (χ0v) is 18.3. The Labute approximate surface area is 180 Å². The number of carbonyl (C=O) groups excluding carboxylic acids is 1. The third-order valence-electron chi connectivity index (χ3n) is 4.39. The standard InChI is InChI=1S/C20H21ClN4O4S/c1-4-25(30(3,27)28)15-11-9-14(10-12-15)20(26)24(2)13-18-22-19(23-29-18)16-7-5-6-8-17(16)21/h5-12H,4,13H2,1-3H3. The van der Waals surface area contributed by atoms with E-state index < -0.39 is 10.0 Å². The van der Waals surface area contributed by atoms with Gasteiger partial charge in [-0.2, -0.15) is 4.98 Å². The Hall–Kier alpha value is -2.91. The summed E-state index contributed by atoms with van der Waals surface area (Å²) in [5.74, 6) is 0.356. The molecule has 0 aliphatic rings. The van der Waals surface area contributed by atoms with Crippen LogP contribution in [0.3, 0.4) is 0 Å². The number of halogens is 1. The van der Waals surface area contributed by atoms with Crippen molar-refractivity contribution >= 4 is 33.2 Å². The van der Waals surface area contributed by atoms with E-state index in [4.69, 9.17) is 16.1 Å². The molecule has 0 atom stereocenters. The van der Waals surface area contributed by atoms with Crippen LogP contribution in [0.2, 0.25) is 5.02 Å². The molecule has 1 amide bonds. The van der Waals surface area contributed by atoms with Gasteiger partial charge < -0.3 is 9.42 Å². The minimum Gasteiger partial charge on any atom is -0.337 e. The monoisotopic (exact) mass is 448 g/mol. The summed E-state index contributed by atoms with van der Waals surface area (Å²) < 4.78 is 30.2. The van der Waals surface area contributed by atoms with Crippen molar-refractivity contribution in [1.82, 2.24) is 15.0 Å². The van der Waals surface area contributed by atoms with Crippen molar-refractivity contribution in [2.75, 3.05) is 24.2 Å². The highest BCUT2D eigenvalue weighted by molar-refractivity contribution is 7.92. The third-order valence-corrected chi connectivity index (χ3v) is 5.99. The number of amides is 1. The minimum absolute atomic E-state index is 0.114. The second-order valence-corrected chi connectivity index (χ2v) is 8.94. The summed E-state index contributed by atoms with van der Waals surface area (Å²) in [6, 6.07) is 13.5. The Kier molecular flexibility index (Phi) is 6.42. The van der Waals surface area contributed by atoms with Gasteiger partial charge in [0.15, 0.2) is 0 Å². The van der Waals surface area contributed by atoms with Crippen LogP contribution >= 0.6 is 11.6 Å². The molecule has 30 heavy (non-hydrogen) atoms. The highest BCUT2D eigenvalue weighted by Crippen LogP contribution is 2.25. The Bertz CT molecular complexity index is 1150. The molecule has 3 aromatic rings. The maximum Gasteiger partial charge on any atom is 0.254 e. The first kappa shape index (κ1) is 21.8. The topological polar surface area (TPSA) is 96.6 Å². The molecular weight excluding hydrogens is 428 g/mol. The van der Waals surface area contributed by atoms with Crippen molar-refractivity contribution in [3.8, 4) is 11.4 Å². The lowest BCUT2D eigenvalue weighted by Crippen LogP contribution is -2.29. The van der Waals surface area contributed by atoms with Crippen molar-refractivity contribution in [3.05, 3.63) is 65.0 Å². The largest absolute Gasteiger partial charge is 0.337 e. The molecule has 0 N–H and O–H groups in total. The normalized spacial score (nSPS) is 11.3. The second-order valence-electron chi connectivity index (χ2n) is 6.63. The molecule has 0 saturated carbocycles. The summed E-state index contributed by atoms with van der Waals surface area (Å²) in [7, 11) is -1.77. The maximum absolute atomic E-state index is 12.7. The molecule has 0 fully saturated rings. The Morgan fingerprint density at radius 2 is 1.80 bits per heavy atom. The van der Waals surface area contributed by atoms with E-state index in [1.165, 1.54) is 9.21 Å². The van der Waals surface area contributed by atoms with Gasteiger partial charge in [0.25, 0.3) is 5.91 Å². The first-order valence-electron chi connectivity index (χ1n) is 9.11. The number of hydrogen-bond acceptors (Lipinski definition) is 6. The van der Waals surface area contributed by atoms with Gasteiger partial charge in [0.1, 0.15) is 0 Å². The van der Waals surface area contributed by atoms with Gasteiger partial charge in [-0.1, -0.05) is 28.9 Å². The summed E-state index contributed by atoms with van der Waals surface area (Å²) in [6.07, 6.45) is 1.14. The molecule has 0 spiro atoms. The van der Waals surface area contributed by atoms with Crippen molar-refractivity contribution < 1.29 is 17.7 Å². The van der Waals surface area contributed by atoms with Gasteiger partial charge >= 0.3 is 0 Å². The number of benzene rings is 2. The number of nitrogens with zero attached hydrogens (tertiary/aromatic N) is 4. The molecule has 0 aliphatic heterocycles. The first-order chi connectivity index (χ1) is 14.2. The molecule has 0 bridgehead atoms. The van der Waals surface area contributed by atoms with Gasteiger partial charge in [-0.15, -0.1) is 0 Å². The molecule has 0 radical (unpaired) electrons. The van der Waals surface area contributed by atoms with Gasteiger partial charge in [-0.3, -0.25) is 9.10 Å². The van der Waals surface area contributed by atoms with E-state index in [-0.39, 0.29) is 18.3 Å². The van der Waals surface area contributed by atoms with Gasteiger partial charge in [-0.05, 0) is 43.3 Å². The Morgan fingerprint density at radius 1 is 1.13 bits per heavy atom. The number of aromatic nitrogens is 2. The lowest BCUT2D eigenvalue weighted by molar-refractivity contribution is 0.0769. The highest BCUT2D eigenvalue weighted by atomic mass is 35.5. The SMILES string of the molecule is CCN(c1ccc(C(=O)N(C)Cc2nc(-c3ccccc3Cl)no2)cc1)S(C)(=O)=O. The lowest BCUT2D eigenvalue weighted by Gasteiger charge is -2.21. The predicted octanol–water partition coefficient (Wildman–Crippen LogP) is 3.45. The molecule has 0 aliphatic carbocycles. The average Bonchev–Trinajstić information content (AvgIpc) is 3.16. The van der Waals surface area contributed by atoms with Crippen LogP contribution in [0.5, 0.6) is 0 Å². The van der Waals surface area contributed by atoms with Crippen molar-refractivity contribution in [2.45, 2.75) is 13.5 Å². The van der Waals surface area contributed by atoms with E-state index in [1.54, 1.807) is 56.4 Å². The van der Waals surface area contributed by atoms with Crippen LogP contribution < -0.4 is 4.31 Å². The smallest absolute Gasteiger partial charge is 0.254 e. The third kappa shape index (κ3) is 4.80. The summed E-state index contributed by atoms with van der Waals surface area (Å²) in [6.45, 7) is 2.16. The number of carbonyl (C=O) groups is 1. The minimum atomic E-state index is -3.38. The Morgan fingerprint density at radius 3 is 2.40 bits per heavy atom. The molecule has 158 valence electrons. The average molecular weight is 449 g/mol. The number of hydrogen-bond donors (Lipinski definition) is 0. The maximum atomic E-state index is 12.7. The summed E-state index contributed by atoms with van der Waals surface area (Å²) >= 11 is 6.15. The summed E-state index contributed by atoms with van der Waals surface area (Å²) in [4.78, 5) is 18.5. The highest BCUT2D eigenvalue weighted by Gasteiger charge is 2.19.